The summed E-state index contributed by atoms with van der Waals surface area (Å²) in [5.41, 5.74) is 2.46. The number of rotatable bonds is 5. The molecule has 0 spiro atoms. The zero-order chi connectivity index (χ0) is 17.1. The van der Waals surface area contributed by atoms with Crippen molar-refractivity contribution in [2.24, 2.45) is 0 Å². The summed E-state index contributed by atoms with van der Waals surface area (Å²) in [5.74, 6) is 0. The molecule has 2 aromatic carbocycles. The first-order valence-corrected chi connectivity index (χ1v) is 7.17. The molecule has 1 aromatic heterocycles. The van der Waals surface area contributed by atoms with Gasteiger partial charge in [-0.2, -0.15) is 0 Å². The van der Waals surface area contributed by atoms with Crippen molar-refractivity contribution in [3.05, 3.63) is 92.3 Å². The third-order valence-corrected chi connectivity index (χ3v) is 3.67. The highest BCUT2D eigenvalue weighted by atomic mass is 16.6. The lowest BCUT2D eigenvalue weighted by Crippen LogP contribution is -1.98. The topological polar surface area (TPSA) is 91.2 Å². The Kier molecular flexibility index (Phi) is 4.07. The molecule has 7 nitrogen and oxygen atoms in total. The molecular weight excluding hydrogens is 310 g/mol. The second kappa shape index (κ2) is 6.33. The molecule has 0 saturated carbocycles. The maximum absolute atomic E-state index is 10.9. The maximum Gasteiger partial charge on any atom is 0.269 e. The van der Waals surface area contributed by atoms with E-state index in [-0.39, 0.29) is 5.69 Å². The van der Waals surface area contributed by atoms with E-state index < -0.39 is 9.85 Å². The van der Waals surface area contributed by atoms with Gasteiger partial charge >= 0.3 is 0 Å². The smallest absolute Gasteiger partial charge is 0.269 e. The molecule has 0 aliphatic carbocycles. The molecule has 0 amide bonds. The van der Waals surface area contributed by atoms with Crippen LogP contribution in [-0.2, 0) is 6.54 Å². The number of hydrogen-bond donors (Lipinski definition) is 0. The summed E-state index contributed by atoms with van der Waals surface area (Å²) in [5, 5.41) is 22.3. The summed E-state index contributed by atoms with van der Waals surface area (Å²) < 4.78 is 1.92. The first kappa shape index (κ1) is 15.4. The van der Waals surface area contributed by atoms with Gasteiger partial charge in [0.1, 0.15) is 0 Å². The monoisotopic (exact) mass is 323 g/mol. The number of nitro groups is 2. The van der Waals surface area contributed by atoms with E-state index in [2.05, 4.69) is 0 Å². The van der Waals surface area contributed by atoms with E-state index in [9.17, 15) is 20.2 Å². The second-order valence-electron chi connectivity index (χ2n) is 5.26. The SMILES string of the molecule is O=[N+]([O-])/C=C/c1cn(Cc2cccc([N+](=O)[O-])c2)c2ccccc12. The normalized spacial score (nSPS) is 11.2. The number of benzene rings is 2. The third-order valence-electron chi connectivity index (χ3n) is 3.67. The van der Waals surface area contributed by atoms with E-state index in [1.807, 2.05) is 41.1 Å². The van der Waals surface area contributed by atoms with Crippen molar-refractivity contribution >= 4 is 22.7 Å². The Hall–Kier alpha value is -3.48. The first-order chi connectivity index (χ1) is 11.5. The average Bonchev–Trinajstić information content (AvgIpc) is 2.91. The summed E-state index contributed by atoms with van der Waals surface area (Å²) in [7, 11) is 0. The lowest BCUT2D eigenvalue weighted by Gasteiger charge is -2.05. The summed E-state index contributed by atoms with van der Waals surface area (Å²) in [6.07, 6.45) is 4.16. The van der Waals surface area contributed by atoms with Crippen LogP contribution in [0.2, 0.25) is 0 Å². The van der Waals surface area contributed by atoms with Gasteiger partial charge in [-0.3, -0.25) is 20.2 Å². The van der Waals surface area contributed by atoms with Crippen molar-refractivity contribution in [1.29, 1.82) is 0 Å². The van der Waals surface area contributed by atoms with Crippen LogP contribution in [0.25, 0.3) is 17.0 Å². The van der Waals surface area contributed by atoms with E-state index in [1.54, 1.807) is 6.07 Å². The van der Waals surface area contributed by atoms with E-state index in [1.165, 1.54) is 18.2 Å². The Morgan fingerprint density at radius 2 is 1.83 bits per heavy atom. The van der Waals surface area contributed by atoms with Crippen molar-refractivity contribution in [3.8, 4) is 0 Å². The Morgan fingerprint density at radius 1 is 1.04 bits per heavy atom. The molecule has 3 rings (SSSR count). The number of hydrogen-bond acceptors (Lipinski definition) is 4. The molecular formula is C17H13N3O4. The first-order valence-electron chi connectivity index (χ1n) is 7.17. The number of fused-ring (bicyclic) bond motifs is 1. The van der Waals surface area contributed by atoms with E-state index >= 15 is 0 Å². The molecule has 7 heteroatoms. The minimum absolute atomic E-state index is 0.0393. The zero-order valence-corrected chi connectivity index (χ0v) is 12.5. The van der Waals surface area contributed by atoms with Gasteiger partial charge in [-0.05, 0) is 11.6 Å². The van der Waals surface area contributed by atoms with Crippen LogP contribution in [0.3, 0.4) is 0 Å². The van der Waals surface area contributed by atoms with Crippen LogP contribution in [0.5, 0.6) is 0 Å². The van der Waals surface area contributed by atoms with Gasteiger partial charge in [-0.1, -0.05) is 30.3 Å². The molecule has 1 heterocycles. The zero-order valence-electron chi connectivity index (χ0n) is 12.5. The van der Waals surface area contributed by atoms with Crippen LogP contribution < -0.4 is 0 Å². The van der Waals surface area contributed by atoms with Crippen LogP contribution in [0.1, 0.15) is 11.1 Å². The van der Waals surface area contributed by atoms with E-state index in [0.29, 0.717) is 6.54 Å². The van der Waals surface area contributed by atoms with Gasteiger partial charge in [0.2, 0.25) is 6.20 Å². The van der Waals surface area contributed by atoms with Crippen molar-refractivity contribution in [2.75, 3.05) is 0 Å². The minimum atomic E-state index is -0.507. The second-order valence-corrected chi connectivity index (χ2v) is 5.26. The fourth-order valence-corrected chi connectivity index (χ4v) is 2.65. The highest BCUT2D eigenvalue weighted by molar-refractivity contribution is 5.89. The van der Waals surface area contributed by atoms with Crippen molar-refractivity contribution in [2.45, 2.75) is 6.54 Å². The summed E-state index contributed by atoms with van der Waals surface area (Å²) in [6, 6.07) is 14.0. The molecule has 0 radical (unpaired) electrons. The minimum Gasteiger partial charge on any atom is -0.342 e. The van der Waals surface area contributed by atoms with Gasteiger partial charge < -0.3 is 4.57 Å². The highest BCUT2D eigenvalue weighted by Gasteiger charge is 2.10. The quantitative estimate of drug-likeness (QED) is 0.527. The highest BCUT2D eigenvalue weighted by Crippen LogP contribution is 2.24. The fraction of sp³-hybridized carbons (Fsp3) is 0.0588. The molecule has 0 N–H and O–H groups in total. The molecule has 24 heavy (non-hydrogen) atoms. The van der Waals surface area contributed by atoms with E-state index in [0.717, 1.165) is 28.2 Å². The number of para-hydroxylation sites is 1. The van der Waals surface area contributed by atoms with Crippen LogP contribution in [0.15, 0.2) is 60.9 Å². The fourth-order valence-electron chi connectivity index (χ4n) is 2.65. The van der Waals surface area contributed by atoms with Gasteiger partial charge in [-0.25, -0.2) is 0 Å². The summed E-state index contributed by atoms with van der Waals surface area (Å²) in [6.45, 7) is 0.439. The molecule has 0 aliphatic heterocycles. The average molecular weight is 323 g/mol. The number of non-ortho nitro benzene ring substituents is 1. The molecule has 0 unspecified atom stereocenters. The van der Waals surface area contributed by atoms with Gasteiger partial charge in [0.05, 0.1) is 9.85 Å². The van der Waals surface area contributed by atoms with Gasteiger partial charge in [0.15, 0.2) is 0 Å². The molecule has 0 atom stereocenters. The molecule has 0 bridgehead atoms. The van der Waals surface area contributed by atoms with E-state index in [4.69, 9.17) is 0 Å². The Balaban J connectivity index is 2.02. The molecule has 3 aromatic rings. The number of nitrogens with zero attached hydrogens (tertiary/aromatic N) is 3. The molecule has 0 fully saturated rings. The third kappa shape index (κ3) is 3.14. The largest absolute Gasteiger partial charge is 0.342 e. The molecule has 120 valence electrons. The predicted octanol–water partition coefficient (Wildman–Crippen LogP) is 3.85. The van der Waals surface area contributed by atoms with Crippen LogP contribution in [0, 0.1) is 20.2 Å². The van der Waals surface area contributed by atoms with Crippen LogP contribution >= 0.6 is 0 Å². The lowest BCUT2D eigenvalue weighted by atomic mass is 10.2. The van der Waals surface area contributed by atoms with Crippen LogP contribution in [-0.4, -0.2) is 14.4 Å². The van der Waals surface area contributed by atoms with Gasteiger partial charge in [-0.15, -0.1) is 0 Å². The Labute approximate surface area is 136 Å². The van der Waals surface area contributed by atoms with Gasteiger partial charge in [0, 0.05) is 47.4 Å². The Morgan fingerprint density at radius 3 is 2.58 bits per heavy atom. The standard InChI is InChI=1S/C17H13N3O4/c21-19(22)9-8-14-12-18(17-7-2-1-6-16(14)17)11-13-4-3-5-15(10-13)20(23)24/h1-10,12H,11H2/b9-8+. The van der Waals surface area contributed by atoms with Crippen LogP contribution in [0.4, 0.5) is 5.69 Å². The Bertz CT molecular complexity index is 959. The molecule has 0 saturated heterocycles. The van der Waals surface area contributed by atoms with Gasteiger partial charge in [0.25, 0.3) is 5.69 Å². The van der Waals surface area contributed by atoms with Crippen molar-refractivity contribution in [3.63, 3.8) is 0 Å². The molecule has 0 aliphatic rings. The van der Waals surface area contributed by atoms with Crippen molar-refractivity contribution in [1.82, 2.24) is 4.57 Å². The summed E-state index contributed by atoms with van der Waals surface area (Å²) in [4.78, 5) is 20.5. The van der Waals surface area contributed by atoms with Crippen molar-refractivity contribution < 1.29 is 9.85 Å². The predicted molar refractivity (Wildman–Crippen MR) is 90.2 cm³/mol. The lowest BCUT2D eigenvalue weighted by molar-refractivity contribution is -0.400. The maximum atomic E-state index is 10.9. The number of aromatic nitrogens is 1. The number of nitro benzene ring substituents is 1. The summed E-state index contributed by atoms with van der Waals surface area (Å²) >= 11 is 0.